The third-order valence-corrected chi connectivity index (χ3v) is 6.11. The zero-order chi connectivity index (χ0) is 14.4. The number of amides is 1. The van der Waals surface area contributed by atoms with E-state index in [1.807, 2.05) is 19.1 Å². The van der Waals surface area contributed by atoms with Gasteiger partial charge in [0.25, 0.3) is 0 Å². The van der Waals surface area contributed by atoms with Crippen LogP contribution in [-0.4, -0.2) is 15.9 Å². The zero-order valence-electron chi connectivity index (χ0n) is 11.7. The Balaban J connectivity index is 1.69. The number of anilines is 1. The largest absolute Gasteiger partial charge is 0.302 e. The van der Waals surface area contributed by atoms with Gasteiger partial charge in [0.05, 0.1) is 25.4 Å². The van der Waals surface area contributed by atoms with Crippen molar-refractivity contribution in [3.63, 3.8) is 0 Å². The van der Waals surface area contributed by atoms with Gasteiger partial charge in [0.1, 0.15) is 0 Å². The number of thiazole rings is 2. The Kier molecular flexibility index (Phi) is 3.15. The number of hydrogen-bond donors (Lipinski definition) is 1. The third-order valence-electron chi connectivity index (χ3n) is 3.98. The fourth-order valence-corrected chi connectivity index (χ4v) is 4.94. The molecule has 2 heterocycles. The molecule has 1 aromatic carbocycles. The molecule has 0 saturated heterocycles. The van der Waals surface area contributed by atoms with Gasteiger partial charge in [0.2, 0.25) is 5.91 Å². The van der Waals surface area contributed by atoms with Crippen LogP contribution < -0.4 is 5.32 Å². The average Bonchev–Trinajstić information content (AvgIpc) is 3.14. The molecule has 2 aromatic heterocycles. The molecule has 3 aromatic rings. The average molecular weight is 317 g/mol. The summed E-state index contributed by atoms with van der Waals surface area (Å²) in [6.07, 6.45) is 4.35. The summed E-state index contributed by atoms with van der Waals surface area (Å²) < 4.78 is 2.30. The molecule has 0 atom stereocenters. The van der Waals surface area contributed by atoms with Crippen molar-refractivity contribution in [1.82, 2.24) is 9.97 Å². The molecule has 1 aliphatic carbocycles. The Hall–Kier alpha value is -1.53. The Labute approximate surface area is 130 Å². The molecule has 0 aliphatic heterocycles. The maximum absolute atomic E-state index is 12.2. The highest BCUT2D eigenvalue weighted by molar-refractivity contribution is 7.28. The predicted octanol–water partition coefficient (Wildman–Crippen LogP) is 4.34. The number of aryl methyl sites for hydroxylation is 1. The second-order valence-corrected chi connectivity index (χ2v) is 7.69. The van der Waals surface area contributed by atoms with Gasteiger partial charge in [0.15, 0.2) is 5.13 Å². The molecule has 0 unspecified atom stereocenters. The number of nitrogens with zero attached hydrogens (tertiary/aromatic N) is 2. The SMILES string of the molecule is Cc1nc2ccc3nc(NC(=O)C4CCCC4)sc3c2s1. The maximum atomic E-state index is 12.2. The summed E-state index contributed by atoms with van der Waals surface area (Å²) >= 11 is 3.24. The lowest BCUT2D eigenvalue weighted by Gasteiger charge is -2.06. The molecule has 108 valence electrons. The van der Waals surface area contributed by atoms with Crippen molar-refractivity contribution < 1.29 is 4.79 Å². The van der Waals surface area contributed by atoms with Crippen molar-refractivity contribution in [3.8, 4) is 0 Å². The van der Waals surface area contributed by atoms with Crippen LogP contribution in [0.2, 0.25) is 0 Å². The molecule has 0 bridgehead atoms. The van der Waals surface area contributed by atoms with Crippen LogP contribution in [0, 0.1) is 12.8 Å². The molecular formula is C15H15N3OS2. The monoisotopic (exact) mass is 317 g/mol. The van der Waals surface area contributed by atoms with E-state index in [9.17, 15) is 4.79 Å². The van der Waals surface area contributed by atoms with Gasteiger partial charge < -0.3 is 5.32 Å². The number of nitrogens with one attached hydrogen (secondary N) is 1. The number of aromatic nitrogens is 2. The molecule has 0 spiro atoms. The predicted molar refractivity (Wildman–Crippen MR) is 88.1 cm³/mol. The van der Waals surface area contributed by atoms with Crippen LogP contribution in [0.15, 0.2) is 12.1 Å². The Morgan fingerprint density at radius 2 is 1.81 bits per heavy atom. The van der Waals surface area contributed by atoms with Crippen molar-refractivity contribution in [2.45, 2.75) is 32.6 Å². The van der Waals surface area contributed by atoms with E-state index in [4.69, 9.17) is 0 Å². The van der Waals surface area contributed by atoms with E-state index < -0.39 is 0 Å². The van der Waals surface area contributed by atoms with Crippen molar-refractivity contribution in [1.29, 1.82) is 0 Å². The first-order chi connectivity index (χ1) is 10.2. The summed E-state index contributed by atoms with van der Waals surface area (Å²) in [6.45, 7) is 2.01. The summed E-state index contributed by atoms with van der Waals surface area (Å²) in [6, 6.07) is 3.99. The molecular weight excluding hydrogens is 302 g/mol. The second-order valence-electron chi connectivity index (χ2n) is 5.48. The Morgan fingerprint density at radius 3 is 2.57 bits per heavy atom. The normalized spacial score (nSPS) is 16.0. The number of rotatable bonds is 2. The summed E-state index contributed by atoms with van der Waals surface area (Å²) in [5.41, 5.74) is 1.96. The highest BCUT2D eigenvalue weighted by Crippen LogP contribution is 2.36. The van der Waals surface area contributed by atoms with Gasteiger partial charge in [-0.3, -0.25) is 4.79 Å². The number of fused-ring (bicyclic) bond motifs is 3. The van der Waals surface area contributed by atoms with Crippen LogP contribution >= 0.6 is 22.7 Å². The van der Waals surface area contributed by atoms with E-state index in [2.05, 4.69) is 15.3 Å². The van der Waals surface area contributed by atoms with E-state index >= 15 is 0 Å². The topological polar surface area (TPSA) is 54.9 Å². The molecule has 21 heavy (non-hydrogen) atoms. The highest BCUT2D eigenvalue weighted by Gasteiger charge is 2.23. The van der Waals surface area contributed by atoms with Gasteiger partial charge in [-0.1, -0.05) is 24.2 Å². The molecule has 1 N–H and O–H groups in total. The number of hydrogen-bond acceptors (Lipinski definition) is 5. The first kappa shape index (κ1) is 13.2. The van der Waals surface area contributed by atoms with Crippen LogP contribution in [-0.2, 0) is 4.79 Å². The van der Waals surface area contributed by atoms with Crippen LogP contribution in [0.3, 0.4) is 0 Å². The Bertz CT molecular complexity index is 830. The van der Waals surface area contributed by atoms with E-state index in [1.54, 1.807) is 22.7 Å². The van der Waals surface area contributed by atoms with E-state index in [0.29, 0.717) is 5.13 Å². The number of carbonyl (C=O) groups is 1. The first-order valence-corrected chi connectivity index (χ1v) is 8.81. The number of benzene rings is 1. The smallest absolute Gasteiger partial charge is 0.229 e. The lowest BCUT2D eigenvalue weighted by molar-refractivity contribution is -0.119. The summed E-state index contributed by atoms with van der Waals surface area (Å²) in [4.78, 5) is 21.3. The molecule has 0 radical (unpaired) electrons. The fraction of sp³-hybridized carbons (Fsp3) is 0.400. The summed E-state index contributed by atoms with van der Waals surface area (Å²) in [5, 5.41) is 4.76. The minimum absolute atomic E-state index is 0.128. The first-order valence-electron chi connectivity index (χ1n) is 7.18. The minimum Gasteiger partial charge on any atom is -0.302 e. The molecule has 1 aliphatic rings. The molecule has 4 rings (SSSR count). The van der Waals surface area contributed by atoms with Crippen molar-refractivity contribution in [3.05, 3.63) is 17.1 Å². The second kappa shape index (κ2) is 5.03. The van der Waals surface area contributed by atoms with Gasteiger partial charge in [-0.15, -0.1) is 11.3 Å². The standard InChI is InChI=1S/C15H15N3OS2/c1-8-16-10-6-7-11-13(12(10)20-8)21-15(17-11)18-14(19)9-4-2-3-5-9/h6-7,9H,2-5H2,1H3,(H,17,18,19). The van der Waals surface area contributed by atoms with Gasteiger partial charge >= 0.3 is 0 Å². The van der Waals surface area contributed by atoms with E-state index in [-0.39, 0.29) is 11.8 Å². The lowest BCUT2D eigenvalue weighted by atomic mass is 10.1. The fourth-order valence-electron chi connectivity index (χ4n) is 2.93. The van der Waals surface area contributed by atoms with Crippen LogP contribution in [0.1, 0.15) is 30.7 Å². The molecule has 4 nitrogen and oxygen atoms in total. The third kappa shape index (κ3) is 2.32. The van der Waals surface area contributed by atoms with E-state index in [0.717, 1.165) is 33.6 Å². The van der Waals surface area contributed by atoms with Gasteiger partial charge in [-0.25, -0.2) is 9.97 Å². The van der Waals surface area contributed by atoms with Gasteiger partial charge in [-0.05, 0) is 31.9 Å². The maximum Gasteiger partial charge on any atom is 0.229 e. The van der Waals surface area contributed by atoms with Crippen LogP contribution in [0.4, 0.5) is 5.13 Å². The highest BCUT2D eigenvalue weighted by atomic mass is 32.1. The van der Waals surface area contributed by atoms with Crippen molar-refractivity contribution in [2.75, 3.05) is 5.32 Å². The lowest BCUT2D eigenvalue weighted by Crippen LogP contribution is -2.19. The minimum atomic E-state index is 0.128. The summed E-state index contributed by atoms with van der Waals surface area (Å²) in [5.74, 6) is 0.297. The van der Waals surface area contributed by atoms with Crippen molar-refractivity contribution >= 4 is 54.1 Å². The molecule has 1 fully saturated rings. The summed E-state index contributed by atoms with van der Waals surface area (Å²) in [7, 11) is 0. The number of carbonyl (C=O) groups excluding carboxylic acids is 1. The van der Waals surface area contributed by atoms with E-state index in [1.165, 1.54) is 17.5 Å². The molecule has 1 amide bonds. The molecule has 6 heteroatoms. The quantitative estimate of drug-likeness (QED) is 0.765. The van der Waals surface area contributed by atoms with Crippen LogP contribution in [0.25, 0.3) is 20.4 Å². The molecule has 1 saturated carbocycles. The van der Waals surface area contributed by atoms with Crippen molar-refractivity contribution in [2.24, 2.45) is 5.92 Å². The van der Waals surface area contributed by atoms with Gasteiger partial charge in [-0.2, -0.15) is 0 Å². The Morgan fingerprint density at radius 1 is 1.14 bits per heavy atom. The zero-order valence-corrected chi connectivity index (χ0v) is 13.3. The van der Waals surface area contributed by atoms with Gasteiger partial charge in [0, 0.05) is 5.92 Å². The van der Waals surface area contributed by atoms with Crippen LogP contribution in [0.5, 0.6) is 0 Å².